The van der Waals surface area contributed by atoms with Crippen LogP contribution in [0.1, 0.15) is 19.3 Å². The van der Waals surface area contributed by atoms with Gasteiger partial charge in [0, 0.05) is 6.42 Å². The quantitative estimate of drug-likeness (QED) is 0.626. The van der Waals surface area contributed by atoms with Crippen molar-refractivity contribution < 1.29 is 18.8 Å². The lowest BCUT2D eigenvalue weighted by atomic mass is 9.99. The summed E-state index contributed by atoms with van der Waals surface area (Å²) in [6.07, 6.45) is 0.518. The molecule has 1 amide bonds. The van der Waals surface area contributed by atoms with E-state index in [0.717, 1.165) is 12.1 Å². The Morgan fingerprint density at radius 2 is 2.25 bits per heavy atom. The van der Waals surface area contributed by atoms with E-state index < -0.39 is 34.0 Å². The van der Waals surface area contributed by atoms with Gasteiger partial charge in [0.15, 0.2) is 5.75 Å². The van der Waals surface area contributed by atoms with Crippen LogP contribution >= 0.6 is 0 Å². The minimum Gasteiger partial charge on any atom is -0.483 e. The van der Waals surface area contributed by atoms with E-state index >= 15 is 0 Å². The number of halogens is 1. The molecule has 8 heteroatoms. The van der Waals surface area contributed by atoms with Crippen LogP contribution in [-0.2, 0) is 4.79 Å². The number of hydrogen-bond donors (Lipinski definition) is 2. The van der Waals surface area contributed by atoms with E-state index in [9.17, 15) is 19.3 Å². The Kier molecular flexibility index (Phi) is 3.58. The highest BCUT2D eigenvalue weighted by molar-refractivity contribution is 5.84. The van der Waals surface area contributed by atoms with E-state index in [1.807, 2.05) is 0 Å². The fourth-order valence-electron chi connectivity index (χ4n) is 2.27. The number of rotatable bonds is 4. The summed E-state index contributed by atoms with van der Waals surface area (Å²) in [5.74, 6) is -1.40. The molecule has 0 aliphatic heterocycles. The first-order valence-electron chi connectivity index (χ1n) is 6.01. The summed E-state index contributed by atoms with van der Waals surface area (Å²) < 4.78 is 18.5. The highest BCUT2D eigenvalue weighted by Gasteiger charge is 2.42. The Hall–Kier alpha value is -2.22. The second-order valence-electron chi connectivity index (χ2n) is 4.87. The van der Waals surface area contributed by atoms with Gasteiger partial charge in [0.1, 0.15) is 11.9 Å². The molecule has 4 N–H and O–H groups in total. The number of nitro groups is 1. The zero-order valence-corrected chi connectivity index (χ0v) is 10.5. The van der Waals surface area contributed by atoms with Gasteiger partial charge in [-0.1, -0.05) is 0 Å². The molecule has 0 aromatic heterocycles. The van der Waals surface area contributed by atoms with Crippen molar-refractivity contribution >= 4 is 11.6 Å². The van der Waals surface area contributed by atoms with Gasteiger partial charge in [0.2, 0.25) is 5.91 Å². The molecular weight excluding hydrogens is 269 g/mol. The minimum absolute atomic E-state index is 0.0462. The van der Waals surface area contributed by atoms with E-state index in [0.29, 0.717) is 12.8 Å². The molecule has 0 bridgehead atoms. The lowest BCUT2D eigenvalue weighted by molar-refractivity contribution is -0.386. The van der Waals surface area contributed by atoms with E-state index in [4.69, 9.17) is 16.2 Å². The minimum atomic E-state index is -1.15. The normalized spacial score (nSPS) is 25.4. The van der Waals surface area contributed by atoms with Gasteiger partial charge < -0.3 is 16.2 Å². The van der Waals surface area contributed by atoms with Gasteiger partial charge in [0.25, 0.3) is 0 Å². The molecule has 1 aliphatic carbocycles. The smallest absolute Gasteiger partial charge is 0.313 e. The second kappa shape index (κ2) is 5.04. The molecule has 0 saturated heterocycles. The zero-order valence-electron chi connectivity index (χ0n) is 10.5. The summed E-state index contributed by atoms with van der Waals surface area (Å²) in [7, 11) is 0. The molecule has 0 spiro atoms. The van der Waals surface area contributed by atoms with Gasteiger partial charge in [-0.2, -0.15) is 0 Å². The van der Waals surface area contributed by atoms with Crippen molar-refractivity contribution in [3.63, 3.8) is 0 Å². The number of nitrogens with zero attached hydrogens (tertiary/aromatic N) is 1. The van der Waals surface area contributed by atoms with Crippen molar-refractivity contribution in [3.05, 3.63) is 34.1 Å². The molecule has 1 fully saturated rings. The molecule has 2 rings (SSSR count). The summed E-state index contributed by atoms with van der Waals surface area (Å²) in [6.45, 7) is 0. The van der Waals surface area contributed by atoms with E-state index in [2.05, 4.69) is 0 Å². The Bertz CT molecular complexity index is 566. The van der Waals surface area contributed by atoms with Crippen LogP contribution in [0.5, 0.6) is 5.75 Å². The predicted molar refractivity (Wildman–Crippen MR) is 67.4 cm³/mol. The average molecular weight is 283 g/mol. The fourth-order valence-corrected chi connectivity index (χ4v) is 2.27. The Morgan fingerprint density at radius 1 is 1.55 bits per heavy atom. The zero-order chi connectivity index (χ0) is 14.9. The first-order valence-corrected chi connectivity index (χ1v) is 6.01. The number of benzene rings is 1. The van der Waals surface area contributed by atoms with Crippen LogP contribution in [0.15, 0.2) is 18.2 Å². The maximum atomic E-state index is 13.0. The highest BCUT2D eigenvalue weighted by Crippen LogP contribution is 2.34. The molecule has 7 nitrogen and oxygen atoms in total. The molecule has 1 aromatic rings. The van der Waals surface area contributed by atoms with Crippen LogP contribution in [0.25, 0.3) is 0 Å². The van der Waals surface area contributed by atoms with Crippen molar-refractivity contribution in [2.24, 2.45) is 11.5 Å². The van der Waals surface area contributed by atoms with Crippen LogP contribution in [0.4, 0.5) is 10.1 Å². The fraction of sp³-hybridized carbons (Fsp3) is 0.417. The average Bonchev–Trinajstić information content (AvgIpc) is 2.74. The largest absolute Gasteiger partial charge is 0.483 e. The first-order chi connectivity index (χ1) is 9.32. The molecule has 2 atom stereocenters. The Morgan fingerprint density at radius 3 is 2.80 bits per heavy atom. The van der Waals surface area contributed by atoms with Crippen molar-refractivity contribution in [2.75, 3.05) is 0 Å². The lowest BCUT2D eigenvalue weighted by Crippen LogP contribution is -2.50. The van der Waals surface area contributed by atoms with Crippen molar-refractivity contribution in [1.82, 2.24) is 0 Å². The molecule has 1 aliphatic rings. The number of ether oxygens (including phenoxy) is 1. The standard InChI is InChI=1S/C12H14FN3O4/c13-7-1-2-10(9(5-7)16(18)19)20-8-3-4-12(15,6-8)11(14)17/h1-2,5,8H,3-4,6,15H2,(H2,14,17). The van der Waals surface area contributed by atoms with Gasteiger partial charge in [-0.3, -0.25) is 14.9 Å². The highest BCUT2D eigenvalue weighted by atomic mass is 19.1. The summed E-state index contributed by atoms with van der Waals surface area (Å²) in [6, 6.07) is 3.05. The first kappa shape index (κ1) is 14.2. The van der Waals surface area contributed by atoms with Crippen molar-refractivity contribution in [3.8, 4) is 5.75 Å². The molecule has 0 radical (unpaired) electrons. The van der Waals surface area contributed by atoms with E-state index in [-0.39, 0.29) is 12.2 Å². The SMILES string of the molecule is NC(=O)C1(N)CCC(Oc2ccc(F)cc2[N+](=O)[O-])C1. The van der Waals surface area contributed by atoms with Crippen LogP contribution < -0.4 is 16.2 Å². The van der Waals surface area contributed by atoms with Crippen molar-refractivity contribution in [1.29, 1.82) is 0 Å². The Labute approximate surface area is 113 Å². The summed E-state index contributed by atoms with van der Waals surface area (Å²) in [4.78, 5) is 21.3. The molecule has 1 saturated carbocycles. The number of amides is 1. The second-order valence-corrected chi connectivity index (χ2v) is 4.87. The molecule has 20 heavy (non-hydrogen) atoms. The van der Waals surface area contributed by atoms with Gasteiger partial charge in [-0.15, -0.1) is 0 Å². The molecule has 108 valence electrons. The molecule has 2 unspecified atom stereocenters. The van der Waals surface area contributed by atoms with Crippen molar-refractivity contribution in [2.45, 2.75) is 30.9 Å². The van der Waals surface area contributed by atoms with Gasteiger partial charge in [0.05, 0.1) is 16.5 Å². The predicted octanol–water partition coefficient (Wildman–Crippen LogP) is 0.848. The molecule has 1 aromatic carbocycles. The summed E-state index contributed by atoms with van der Waals surface area (Å²) in [5, 5.41) is 10.8. The Balaban J connectivity index is 2.16. The molecule has 0 heterocycles. The maximum Gasteiger partial charge on any atom is 0.313 e. The van der Waals surface area contributed by atoms with Crippen LogP contribution in [0.3, 0.4) is 0 Å². The summed E-state index contributed by atoms with van der Waals surface area (Å²) >= 11 is 0. The summed E-state index contributed by atoms with van der Waals surface area (Å²) in [5.41, 5.74) is 9.41. The van der Waals surface area contributed by atoms with Crippen LogP contribution in [-0.4, -0.2) is 22.5 Å². The number of primary amides is 1. The third-order valence-corrected chi connectivity index (χ3v) is 3.41. The third kappa shape index (κ3) is 2.69. The third-order valence-electron chi connectivity index (χ3n) is 3.41. The lowest BCUT2D eigenvalue weighted by Gasteiger charge is -2.19. The number of nitro benzene ring substituents is 1. The number of nitrogens with two attached hydrogens (primary N) is 2. The maximum absolute atomic E-state index is 13.0. The number of carbonyl (C=O) groups is 1. The van der Waals surface area contributed by atoms with E-state index in [1.54, 1.807) is 0 Å². The van der Waals surface area contributed by atoms with Crippen LogP contribution in [0, 0.1) is 15.9 Å². The number of carbonyl (C=O) groups excluding carboxylic acids is 1. The van der Waals surface area contributed by atoms with E-state index in [1.165, 1.54) is 6.07 Å². The van der Waals surface area contributed by atoms with Gasteiger partial charge in [-0.05, 0) is 25.0 Å². The molecular formula is C12H14FN3O4. The monoisotopic (exact) mass is 283 g/mol. The number of hydrogen-bond acceptors (Lipinski definition) is 5. The topological polar surface area (TPSA) is 121 Å². The van der Waals surface area contributed by atoms with Crippen LogP contribution in [0.2, 0.25) is 0 Å². The van der Waals surface area contributed by atoms with Gasteiger partial charge >= 0.3 is 5.69 Å². The van der Waals surface area contributed by atoms with Gasteiger partial charge in [-0.25, -0.2) is 4.39 Å².